The monoisotopic (exact) mass is 488 g/mol. The van der Waals surface area contributed by atoms with E-state index < -0.39 is 10.0 Å². The summed E-state index contributed by atoms with van der Waals surface area (Å²) in [4.78, 5) is 26.8. The molecule has 0 unspecified atom stereocenters. The minimum atomic E-state index is -3.60. The normalized spacial score (nSPS) is 15.3. The molecule has 2 aromatic carbocycles. The Bertz CT molecular complexity index is 1130. The van der Waals surface area contributed by atoms with Crippen molar-refractivity contribution in [2.24, 2.45) is 0 Å². The molecule has 0 bridgehead atoms. The number of hydrogen-bond donors (Lipinski definition) is 0. The van der Waals surface area contributed by atoms with Crippen LogP contribution in [-0.2, 0) is 32.5 Å². The van der Waals surface area contributed by atoms with Crippen LogP contribution in [-0.4, -0.2) is 62.4 Å². The van der Waals surface area contributed by atoms with Crippen molar-refractivity contribution in [1.29, 1.82) is 0 Å². The van der Waals surface area contributed by atoms with Crippen LogP contribution in [0.3, 0.4) is 0 Å². The van der Waals surface area contributed by atoms with Gasteiger partial charge >= 0.3 is 0 Å². The number of ketones is 2. The van der Waals surface area contributed by atoms with Gasteiger partial charge in [-0.25, -0.2) is 12.8 Å². The maximum absolute atomic E-state index is 13.3. The molecule has 1 fully saturated rings. The predicted octanol–water partition coefficient (Wildman–Crippen LogP) is 3.55. The first-order chi connectivity index (χ1) is 16.1. The van der Waals surface area contributed by atoms with E-state index in [4.69, 9.17) is 0 Å². The van der Waals surface area contributed by atoms with Gasteiger partial charge < -0.3 is 0 Å². The number of carbonyl (C=O) groups is 2. The van der Waals surface area contributed by atoms with Crippen LogP contribution in [0.5, 0.6) is 0 Å². The number of Topliss-reactive ketones (excluding diaryl/α,β-unsaturated/α-hetero) is 2. The summed E-state index contributed by atoms with van der Waals surface area (Å²) in [6.07, 6.45) is 4.00. The number of likely N-dealkylation sites (N-methyl/N-ethyl adjacent to an activating group) is 1. The van der Waals surface area contributed by atoms with E-state index in [9.17, 15) is 22.4 Å². The predicted molar refractivity (Wildman–Crippen MR) is 130 cm³/mol. The molecular formula is C26H33FN2O4S. The lowest BCUT2D eigenvalue weighted by atomic mass is 10.1. The van der Waals surface area contributed by atoms with E-state index in [1.807, 2.05) is 13.0 Å². The summed E-state index contributed by atoms with van der Waals surface area (Å²) in [5.74, 6) is -0.601. The molecule has 34 heavy (non-hydrogen) atoms. The number of benzene rings is 2. The first-order valence-electron chi connectivity index (χ1n) is 11.7. The Kier molecular flexibility index (Phi) is 9.10. The second-order valence-electron chi connectivity index (χ2n) is 9.21. The number of hydrogen-bond acceptors (Lipinski definition) is 5. The molecule has 1 saturated heterocycles. The minimum absolute atomic E-state index is 0.0665. The largest absolute Gasteiger partial charge is 0.298 e. The van der Waals surface area contributed by atoms with Crippen molar-refractivity contribution in [3.8, 4) is 0 Å². The van der Waals surface area contributed by atoms with Crippen molar-refractivity contribution in [3.63, 3.8) is 0 Å². The quantitative estimate of drug-likeness (QED) is 0.511. The van der Waals surface area contributed by atoms with E-state index in [0.29, 0.717) is 24.2 Å². The summed E-state index contributed by atoms with van der Waals surface area (Å²) >= 11 is 0. The third-order valence-electron chi connectivity index (χ3n) is 5.90. The van der Waals surface area contributed by atoms with Crippen LogP contribution in [0.1, 0.15) is 42.4 Å². The van der Waals surface area contributed by atoms with Crippen LogP contribution < -0.4 is 0 Å². The average molecular weight is 489 g/mol. The highest BCUT2D eigenvalue weighted by Crippen LogP contribution is 2.23. The van der Waals surface area contributed by atoms with E-state index in [-0.39, 0.29) is 48.2 Å². The fourth-order valence-electron chi connectivity index (χ4n) is 4.38. The standard InChI is InChI=1S/C26H33FN2O4S/c1-20-12-22(17-26(13-20)34(32,33)29-10-5-3-4-6-11-29)16-25(31)19-28(2)18-24(30)15-21-8-7-9-23(27)14-21/h7-9,12-14,17H,3-6,10-11,15-16,18-19H2,1-2H3. The number of rotatable bonds is 10. The lowest BCUT2D eigenvalue weighted by Crippen LogP contribution is -2.33. The van der Waals surface area contributed by atoms with Crippen molar-refractivity contribution < 1.29 is 22.4 Å². The maximum atomic E-state index is 13.3. The van der Waals surface area contributed by atoms with E-state index >= 15 is 0 Å². The lowest BCUT2D eigenvalue weighted by Gasteiger charge is -2.21. The fourth-order valence-corrected chi connectivity index (χ4v) is 6.05. The number of halogens is 1. The summed E-state index contributed by atoms with van der Waals surface area (Å²) in [6, 6.07) is 11.0. The van der Waals surface area contributed by atoms with E-state index in [0.717, 1.165) is 31.2 Å². The van der Waals surface area contributed by atoms with E-state index in [1.165, 1.54) is 12.1 Å². The zero-order chi connectivity index (χ0) is 24.7. The summed E-state index contributed by atoms with van der Waals surface area (Å²) in [5.41, 5.74) is 2.04. The number of carbonyl (C=O) groups excluding carboxylic acids is 2. The summed E-state index contributed by atoms with van der Waals surface area (Å²) in [6.45, 7) is 3.02. The topological polar surface area (TPSA) is 74.8 Å². The van der Waals surface area contributed by atoms with Gasteiger partial charge in [-0.15, -0.1) is 0 Å². The molecule has 0 saturated carbocycles. The average Bonchev–Trinajstić information content (AvgIpc) is 3.03. The van der Waals surface area contributed by atoms with E-state index in [2.05, 4.69) is 0 Å². The van der Waals surface area contributed by atoms with Gasteiger partial charge in [0.25, 0.3) is 0 Å². The molecule has 0 amide bonds. The Morgan fingerprint density at radius 1 is 0.912 bits per heavy atom. The van der Waals surface area contributed by atoms with Gasteiger partial charge in [0.1, 0.15) is 5.82 Å². The molecular weight excluding hydrogens is 455 g/mol. The molecule has 0 aromatic heterocycles. The smallest absolute Gasteiger partial charge is 0.243 e. The SMILES string of the molecule is Cc1cc(CC(=O)CN(C)CC(=O)Cc2cccc(F)c2)cc(S(=O)(=O)N2CCCCCC2)c1. The van der Waals surface area contributed by atoms with Crippen molar-refractivity contribution >= 4 is 21.6 Å². The molecule has 0 N–H and O–H groups in total. The number of aryl methyl sites for hydroxylation is 1. The summed E-state index contributed by atoms with van der Waals surface area (Å²) in [5, 5.41) is 0. The van der Waals surface area contributed by atoms with Gasteiger partial charge in [-0.1, -0.05) is 31.0 Å². The molecule has 0 atom stereocenters. The Hall–Kier alpha value is -2.42. The first-order valence-corrected chi connectivity index (χ1v) is 13.1. The van der Waals surface area contributed by atoms with Crippen LogP contribution in [0.15, 0.2) is 47.4 Å². The van der Waals surface area contributed by atoms with Crippen LogP contribution in [0, 0.1) is 12.7 Å². The van der Waals surface area contributed by atoms with Crippen LogP contribution in [0.4, 0.5) is 4.39 Å². The van der Waals surface area contributed by atoms with E-state index in [1.54, 1.807) is 40.5 Å². The molecule has 0 radical (unpaired) electrons. The maximum Gasteiger partial charge on any atom is 0.243 e. The molecule has 3 rings (SSSR count). The van der Waals surface area contributed by atoms with Gasteiger partial charge in [-0.2, -0.15) is 4.31 Å². The Labute approximate surface area is 201 Å². The van der Waals surface area contributed by atoms with Crippen LogP contribution in [0.25, 0.3) is 0 Å². The van der Waals surface area contributed by atoms with Crippen molar-refractivity contribution in [3.05, 3.63) is 65.0 Å². The highest BCUT2D eigenvalue weighted by Gasteiger charge is 2.26. The van der Waals surface area contributed by atoms with Crippen LogP contribution in [0.2, 0.25) is 0 Å². The molecule has 1 aliphatic rings. The van der Waals surface area contributed by atoms with Crippen molar-refractivity contribution in [1.82, 2.24) is 9.21 Å². The highest BCUT2D eigenvalue weighted by atomic mass is 32.2. The third-order valence-corrected chi connectivity index (χ3v) is 7.77. The number of nitrogens with zero attached hydrogens (tertiary/aromatic N) is 2. The Morgan fingerprint density at radius 3 is 2.15 bits per heavy atom. The molecule has 184 valence electrons. The molecule has 0 aliphatic carbocycles. The zero-order valence-corrected chi connectivity index (χ0v) is 20.7. The van der Waals surface area contributed by atoms with Gasteiger partial charge in [0, 0.05) is 25.9 Å². The van der Waals surface area contributed by atoms with Gasteiger partial charge in [-0.05, 0) is 67.8 Å². The Balaban J connectivity index is 1.60. The van der Waals surface area contributed by atoms with Gasteiger partial charge in [0.15, 0.2) is 11.6 Å². The molecule has 2 aromatic rings. The first kappa shape index (κ1) is 26.2. The Morgan fingerprint density at radius 2 is 1.53 bits per heavy atom. The molecule has 8 heteroatoms. The lowest BCUT2D eigenvalue weighted by molar-refractivity contribution is -0.121. The summed E-state index contributed by atoms with van der Waals surface area (Å²) < 4.78 is 41.2. The van der Waals surface area contributed by atoms with Gasteiger partial charge in [0.2, 0.25) is 10.0 Å². The number of sulfonamides is 1. The second-order valence-corrected chi connectivity index (χ2v) is 11.1. The third kappa shape index (κ3) is 7.55. The van der Waals surface area contributed by atoms with Gasteiger partial charge in [0.05, 0.1) is 18.0 Å². The summed E-state index contributed by atoms with van der Waals surface area (Å²) in [7, 11) is -1.91. The molecule has 0 spiro atoms. The molecule has 1 heterocycles. The zero-order valence-electron chi connectivity index (χ0n) is 19.9. The van der Waals surface area contributed by atoms with Crippen molar-refractivity contribution in [2.75, 3.05) is 33.2 Å². The molecule has 6 nitrogen and oxygen atoms in total. The molecule has 1 aliphatic heterocycles. The van der Waals surface area contributed by atoms with Crippen LogP contribution >= 0.6 is 0 Å². The fraction of sp³-hybridized carbons (Fsp3) is 0.462. The second kappa shape index (κ2) is 11.8. The minimum Gasteiger partial charge on any atom is -0.298 e. The van der Waals surface area contributed by atoms with Gasteiger partial charge in [-0.3, -0.25) is 14.5 Å². The van der Waals surface area contributed by atoms with Crippen molar-refractivity contribution in [2.45, 2.75) is 50.3 Å². The highest BCUT2D eigenvalue weighted by molar-refractivity contribution is 7.89.